The molecule has 6 fully saturated rings. The lowest BCUT2D eigenvalue weighted by Gasteiger charge is -2.66. The van der Waals surface area contributed by atoms with Gasteiger partial charge in [-0.15, -0.1) is 0 Å². The van der Waals surface area contributed by atoms with Crippen molar-refractivity contribution in [1.82, 2.24) is 0 Å². The average molecular weight is 884 g/mol. The van der Waals surface area contributed by atoms with Crippen LogP contribution in [-0.2, 0) is 43.0 Å². The first-order valence-electron chi connectivity index (χ1n) is 21.7. The molecule has 19 heteroatoms. The van der Waals surface area contributed by atoms with Crippen LogP contribution in [0.1, 0.15) is 86.0 Å². The SMILES string of the molecule is CO[C@H]1[C@H](O[C@H]2[C@H](OCC[C@@H](CC[C@@H](C)[C@H]3[C@@H](O)[C@@H](O)[C@@H]4[C@]3(C)CC[C@@H]3[C@@]5(C)CC[C@H](O)[C@H](O)[C@@H]5[C@@H](OS(=O)(=O)[O-])C[C@]34O)C(C)C)OC[C@@H](O)[C@@H]2O)OC[C@@H](OC)[C@@H]1O. The van der Waals surface area contributed by atoms with Gasteiger partial charge in [0.15, 0.2) is 12.6 Å². The molecule has 0 unspecified atom stereocenters. The third-order valence-electron chi connectivity index (χ3n) is 16.1. The van der Waals surface area contributed by atoms with Crippen molar-refractivity contribution in [2.75, 3.05) is 34.0 Å². The summed E-state index contributed by atoms with van der Waals surface area (Å²) in [5, 5.41) is 90.4. The Hall–Kier alpha value is -0.690. The van der Waals surface area contributed by atoms with E-state index in [0.717, 1.165) is 6.42 Å². The maximum Gasteiger partial charge on any atom is 0.217 e. The summed E-state index contributed by atoms with van der Waals surface area (Å²) < 4.78 is 75.6. The maximum atomic E-state index is 12.8. The summed E-state index contributed by atoms with van der Waals surface area (Å²) >= 11 is 0. The Balaban J connectivity index is 1.12. The molecule has 350 valence electrons. The summed E-state index contributed by atoms with van der Waals surface area (Å²) in [6.45, 7) is 10.1. The van der Waals surface area contributed by atoms with Crippen molar-refractivity contribution in [3.63, 3.8) is 0 Å². The molecule has 60 heavy (non-hydrogen) atoms. The van der Waals surface area contributed by atoms with Crippen LogP contribution in [0.25, 0.3) is 0 Å². The fourth-order valence-electron chi connectivity index (χ4n) is 13.2. The van der Waals surface area contributed by atoms with E-state index in [9.17, 15) is 53.8 Å². The molecule has 0 amide bonds. The minimum Gasteiger partial charge on any atom is -0.726 e. The molecular formula is C41H71O18S-. The molecule has 0 aromatic rings. The highest BCUT2D eigenvalue weighted by Crippen LogP contribution is 2.70. The van der Waals surface area contributed by atoms with Gasteiger partial charge in [-0.2, -0.15) is 0 Å². The minimum atomic E-state index is -5.28. The van der Waals surface area contributed by atoms with Crippen molar-refractivity contribution >= 4 is 10.4 Å². The van der Waals surface area contributed by atoms with Gasteiger partial charge in [0.1, 0.15) is 36.6 Å². The van der Waals surface area contributed by atoms with Crippen molar-refractivity contribution in [2.45, 2.75) is 171 Å². The maximum absolute atomic E-state index is 12.8. The van der Waals surface area contributed by atoms with Gasteiger partial charge in [0, 0.05) is 32.5 Å². The van der Waals surface area contributed by atoms with Crippen LogP contribution in [0.15, 0.2) is 0 Å². The second-order valence-corrected chi connectivity index (χ2v) is 20.7. The first-order chi connectivity index (χ1) is 28.0. The smallest absolute Gasteiger partial charge is 0.217 e. The molecule has 0 spiro atoms. The van der Waals surface area contributed by atoms with Gasteiger partial charge >= 0.3 is 0 Å². The highest BCUT2D eigenvalue weighted by molar-refractivity contribution is 7.80. The van der Waals surface area contributed by atoms with E-state index in [1.54, 1.807) is 0 Å². The zero-order chi connectivity index (χ0) is 44.3. The fourth-order valence-corrected chi connectivity index (χ4v) is 13.7. The van der Waals surface area contributed by atoms with Crippen LogP contribution in [-0.4, -0.2) is 173 Å². The predicted octanol–water partition coefficient (Wildman–Crippen LogP) is -0.205. The highest BCUT2D eigenvalue weighted by atomic mass is 32.3. The number of fused-ring (bicyclic) bond motifs is 5. The van der Waals surface area contributed by atoms with Gasteiger partial charge in [-0.1, -0.05) is 41.0 Å². The van der Waals surface area contributed by atoms with E-state index in [-0.39, 0.29) is 50.4 Å². The van der Waals surface area contributed by atoms with E-state index in [1.165, 1.54) is 14.2 Å². The Morgan fingerprint density at radius 1 is 0.750 bits per heavy atom. The predicted molar refractivity (Wildman–Crippen MR) is 208 cm³/mol. The quantitative estimate of drug-likeness (QED) is 0.0781. The van der Waals surface area contributed by atoms with E-state index >= 15 is 0 Å². The third kappa shape index (κ3) is 8.97. The zero-order valence-electron chi connectivity index (χ0n) is 35.9. The van der Waals surface area contributed by atoms with Crippen molar-refractivity contribution in [3.05, 3.63) is 0 Å². The van der Waals surface area contributed by atoms with Gasteiger partial charge in [0.25, 0.3) is 0 Å². The number of aliphatic hydroxyl groups is 8. The first-order valence-corrected chi connectivity index (χ1v) is 23.1. The van der Waals surface area contributed by atoms with Gasteiger partial charge in [-0.05, 0) is 78.9 Å². The molecule has 6 rings (SSSR count). The molecule has 4 aliphatic carbocycles. The van der Waals surface area contributed by atoms with Crippen LogP contribution in [0, 0.1) is 52.3 Å². The van der Waals surface area contributed by atoms with Crippen LogP contribution in [0.3, 0.4) is 0 Å². The van der Waals surface area contributed by atoms with E-state index < -0.39 is 130 Å². The lowest BCUT2D eigenvalue weighted by molar-refractivity contribution is -0.346. The standard InChI is InChI=1S/C41H72O18S/c1-19(2)21(12-15-55-37-35(30(45)23(43)17-56-37)58-38-34(54-7)31(46)25(53-6)18-57-38)9-8-20(3)27-32(47)33(48)36-40(27,5)14-11-26-39(4)13-10-22(42)29(44)28(39)24(16-41(26,36)49)59-60(50,51)52/h19-38,42-49H,8-18H2,1-7H3,(H,50,51,52)/p-1/t20-,21-,22+,23-,24+,25-,26-,27+,28+,29+,30+,31+,32-,33-,34-,35-,36-,37-,38+,39-,40-,41+/m1/s1. The van der Waals surface area contributed by atoms with E-state index in [2.05, 4.69) is 13.8 Å². The van der Waals surface area contributed by atoms with Crippen LogP contribution in [0.4, 0.5) is 0 Å². The van der Waals surface area contributed by atoms with Crippen LogP contribution >= 0.6 is 0 Å². The summed E-state index contributed by atoms with van der Waals surface area (Å²) in [5.74, 6) is -2.63. The molecule has 0 aromatic heterocycles. The molecular weight excluding hydrogens is 813 g/mol. The van der Waals surface area contributed by atoms with Crippen LogP contribution in [0.2, 0.25) is 0 Å². The fraction of sp³-hybridized carbons (Fsp3) is 1.00. The van der Waals surface area contributed by atoms with Crippen LogP contribution < -0.4 is 0 Å². The molecule has 0 bridgehead atoms. The Morgan fingerprint density at radius 3 is 2.05 bits per heavy atom. The molecule has 22 atom stereocenters. The summed E-state index contributed by atoms with van der Waals surface area (Å²) in [6.07, 6.45) is -12.1. The number of hydrogen-bond acceptors (Lipinski definition) is 18. The van der Waals surface area contributed by atoms with Gasteiger partial charge < -0.3 is 73.8 Å². The van der Waals surface area contributed by atoms with E-state index in [4.69, 9.17) is 32.6 Å². The molecule has 0 aromatic carbocycles. The number of ether oxygens (including phenoxy) is 6. The molecule has 6 aliphatic rings. The Bertz CT molecular complexity index is 1540. The zero-order valence-corrected chi connectivity index (χ0v) is 36.7. The minimum absolute atomic E-state index is 0.00745. The summed E-state index contributed by atoms with van der Waals surface area (Å²) in [7, 11) is -2.45. The summed E-state index contributed by atoms with van der Waals surface area (Å²) in [6, 6.07) is 0. The average Bonchev–Trinajstić information content (AvgIpc) is 3.37. The molecule has 2 heterocycles. The second-order valence-electron chi connectivity index (χ2n) is 19.7. The number of hydrogen-bond donors (Lipinski definition) is 8. The Labute approximate surface area is 353 Å². The van der Waals surface area contributed by atoms with Crippen molar-refractivity contribution < 1.29 is 86.4 Å². The van der Waals surface area contributed by atoms with Gasteiger partial charge in [0.2, 0.25) is 10.4 Å². The summed E-state index contributed by atoms with van der Waals surface area (Å²) in [5.41, 5.74) is -3.49. The lowest BCUT2D eigenvalue weighted by Crippen LogP contribution is -2.71. The van der Waals surface area contributed by atoms with E-state index in [0.29, 0.717) is 32.1 Å². The largest absolute Gasteiger partial charge is 0.726 e. The van der Waals surface area contributed by atoms with Crippen LogP contribution in [0.5, 0.6) is 0 Å². The molecule has 0 radical (unpaired) electrons. The van der Waals surface area contributed by atoms with E-state index in [1.807, 2.05) is 20.8 Å². The number of rotatable bonds is 15. The normalized spacial score (nSPS) is 49.5. The monoisotopic (exact) mass is 883 g/mol. The molecule has 2 aliphatic heterocycles. The van der Waals surface area contributed by atoms with Gasteiger partial charge in [0.05, 0.1) is 55.9 Å². The van der Waals surface area contributed by atoms with Crippen molar-refractivity contribution in [3.8, 4) is 0 Å². The molecule has 18 nitrogen and oxygen atoms in total. The molecule has 4 saturated carbocycles. The third-order valence-corrected chi connectivity index (χ3v) is 16.6. The first kappa shape index (κ1) is 48.8. The second kappa shape index (κ2) is 18.7. The number of methoxy groups -OCH3 is 2. The Morgan fingerprint density at radius 2 is 1.42 bits per heavy atom. The highest BCUT2D eigenvalue weighted by Gasteiger charge is 2.74. The topological polar surface area (TPSA) is 284 Å². The lowest BCUT2D eigenvalue weighted by atomic mass is 9.41. The van der Waals surface area contributed by atoms with Gasteiger partial charge in [-0.3, -0.25) is 4.18 Å². The van der Waals surface area contributed by atoms with Gasteiger partial charge in [-0.25, -0.2) is 8.42 Å². The number of aliphatic hydroxyl groups excluding tert-OH is 7. The molecule has 8 N–H and O–H groups in total. The Kier molecular flexibility index (Phi) is 15.2. The van der Waals surface area contributed by atoms with Crippen molar-refractivity contribution in [2.24, 2.45) is 52.3 Å². The van der Waals surface area contributed by atoms with Crippen molar-refractivity contribution in [1.29, 1.82) is 0 Å². The molecule has 2 saturated heterocycles. The summed E-state index contributed by atoms with van der Waals surface area (Å²) in [4.78, 5) is 0.